The van der Waals surface area contributed by atoms with Crippen molar-refractivity contribution >= 4 is 5.78 Å². The van der Waals surface area contributed by atoms with Gasteiger partial charge in [0.05, 0.1) is 12.7 Å². The Hall–Kier alpha value is -2.13. The number of Topliss-reactive ketones (excluding diaryl/α,β-unsaturated/α-hetero) is 1. The Balaban J connectivity index is 1.51. The zero-order chi connectivity index (χ0) is 18.2. The van der Waals surface area contributed by atoms with Crippen LogP contribution in [-0.4, -0.2) is 25.1 Å². The van der Waals surface area contributed by atoms with Crippen LogP contribution in [0.3, 0.4) is 0 Å². The summed E-state index contributed by atoms with van der Waals surface area (Å²) in [6, 6.07) is 19.0. The first-order valence-corrected chi connectivity index (χ1v) is 9.58. The van der Waals surface area contributed by atoms with Gasteiger partial charge in [0.1, 0.15) is 12.4 Å². The lowest BCUT2D eigenvalue weighted by Crippen LogP contribution is -2.24. The van der Waals surface area contributed by atoms with Gasteiger partial charge in [-0.3, -0.25) is 4.79 Å². The molecule has 0 radical (unpaired) electrons. The molecule has 0 bridgehead atoms. The van der Waals surface area contributed by atoms with E-state index in [1.807, 2.05) is 30.3 Å². The van der Waals surface area contributed by atoms with E-state index in [0.717, 1.165) is 25.0 Å². The molecule has 1 saturated carbocycles. The maximum Gasteiger partial charge on any atom is 0.155 e. The van der Waals surface area contributed by atoms with E-state index in [2.05, 4.69) is 24.3 Å². The Morgan fingerprint density at radius 1 is 1.04 bits per heavy atom. The zero-order valence-electron chi connectivity index (χ0n) is 15.5. The molecule has 0 N–H and O–H groups in total. The summed E-state index contributed by atoms with van der Waals surface area (Å²) in [5.74, 6) is 1.62. The Bertz CT molecular complexity index is 678. The molecule has 0 heterocycles. The monoisotopic (exact) mass is 352 g/mol. The van der Waals surface area contributed by atoms with Gasteiger partial charge in [-0.2, -0.15) is 0 Å². The number of carbonyl (C=O) groups is 1. The second-order valence-electron chi connectivity index (χ2n) is 7.16. The number of rotatable bonds is 8. The van der Waals surface area contributed by atoms with Gasteiger partial charge >= 0.3 is 0 Å². The molecule has 2 aromatic rings. The molecule has 1 aliphatic carbocycles. The molecule has 2 unspecified atom stereocenters. The van der Waals surface area contributed by atoms with Gasteiger partial charge in [-0.1, -0.05) is 42.5 Å². The lowest BCUT2D eigenvalue weighted by molar-refractivity contribution is -0.121. The number of ether oxygens (including phenoxy) is 2. The molecule has 2 aromatic carbocycles. The van der Waals surface area contributed by atoms with Crippen LogP contribution in [0.1, 0.15) is 49.7 Å². The fraction of sp³-hybridized carbons (Fsp3) is 0.435. The summed E-state index contributed by atoms with van der Waals surface area (Å²) >= 11 is 0. The summed E-state index contributed by atoms with van der Waals surface area (Å²) in [5.41, 5.74) is 2.66. The quantitative estimate of drug-likeness (QED) is 0.631. The largest absolute Gasteiger partial charge is 0.490 e. The lowest BCUT2D eigenvalue weighted by atomic mass is 9.82. The minimum Gasteiger partial charge on any atom is -0.490 e. The number of carbonyl (C=O) groups excluding carboxylic acids is 1. The molecule has 1 aliphatic rings. The van der Waals surface area contributed by atoms with Crippen LogP contribution in [0.25, 0.3) is 0 Å². The van der Waals surface area contributed by atoms with Crippen LogP contribution in [0.4, 0.5) is 0 Å². The van der Waals surface area contributed by atoms with Gasteiger partial charge in [0.15, 0.2) is 5.78 Å². The predicted molar refractivity (Wildman–Crippen MR) is 104 cm³/mol. The molecule has 0 amide bonds. The summed E-state index contributed by atoms with van der Waals surface area (Å²) in [4.78, 5) is 10.9. The van der Waals surface area contributed by atoms with E-state index in [1.54, 1.807) is 6.92 Å². The standard InChI is InChI=1S/C23H28O3/c1-18(24)17-25-15-14-19-10-12-20(13-11-19)21-6-5-9-23(16-21)26-22-7-3-2-4-8-22/h2-4,7-8,10-13,21,23H,5-6,9,14-17H2,1H3. The third-order valence-corrected chi connectivity index (χ3v) is 4.96. The molecule has 2 atom stereocenters. The summed E-state index contributed by atoms with van der Waals surface area (Å²) < 4.78 is 11.5. The average Bonchev–Trinajstić information content (AvgIpc) is 2.67. The van der Waals surface area contributed by atoms with Crippen molar-refractivity contribution in [2.24, 2.45) is 0 Å². The Morgan fingerprint density at radius 2 is 1.81 bits per heavy atom. The molecule has 0 saturated heterocycles. The van der Waals surface area contributed by atoms with E-state index < -0.39 is 0 Å². The normalized spacial score (nSPS) is 19.9. The molecule has 3 heteroatoms. The van der Waals surface area contributed by atoms with Crippen molar-refractivity contribution in [1.82, 2.24) is 0 Å². The van der Waals surface area contributed by atoms with Crippen LogP contribution in [0, 0.1) is 0 Å². The highest BCUT2D eigenvalue weighted by molar-refractivity contribution is 5.76. The first-order chi connectivity index (χ1) is 12.7. The first-order valence-electron chi connectivity index (χ1n) is 9.58. The lowest BCUT2D eigenvalue weighted by Gasteiger charge is -2.30. The Morgan fingerprint density at radius 3 is 2.54 bits per heavy atom. The summed E-state index contributed by atoms with van der Waals surface area (Å²) in [6.45, 7) is 2.35. The maximum absolute atomic E-state index is 10.9. The van der Waals surface area contributed by atoms with Crippen LogP contribution in [0.5, 0.6) is 5.75 Å². The van der Waals surface area contributed by atoms with Gasteiger partial charge in [-0.15, -0.1) is 0 Å². The van der Waals surface area contributed by atoms with Gasteiger partial charge in [0.2, 0.25) is 0 Å². The van der Waals surface area contributed by atoms with Crippen molar-refractivity contribution in [2.45, 2.75) is 51.0 Å². The van der Waals surface area contributed by atoms with E-state index in [4.69, 9.17) is 9.47 Å². The molecule has 3 rings (SSSR count). The van der Waals surface area contributed by atoms with Crippen LogP contribution in [0.15, 0.2) is 54.6 Å². The third kappa shape index (κ3) is 5.70. The van der Waals surface area contributed by atoms with Crippen molar-refractivity contribution in [2.75, 3.05) is 13.2 Å². The van der Waals surface area contributed by atoms with Crippen molar-refractivity contribution < 1.29 is 14.3 Å². The molecule has 1 fully saturated rings. The highest BCUT2D eigenvalue weighted by atomic mass is 16.5. The molecular formula is C23H28O3. The number of benzene rings is 2. The Labute approximate surface area is 156 Å². The van der Waals surface area contributed by atoms with Gasteiger partial charge < -0.3 is 9.47 Å². The highest BCUT2D eigenvalue weighted by Crippen LogP contribution is 2.34. The van der Waals surface area contributed by atoms with Gasteiger partial charge in [0, 0.05) is 0 Å². The predicted octanol–water partition coefficient (Wildman–Crippen LogP) is 4.94. The molecular weight excluding hydrogens is 324 g/mol. The third-order valence-electron chi connectivity index (χ3n) is 4.96. The van der Waals surface area contributed by atoms with Crippen LogP contribution < -0.4 is 4.74 Å². The fourth-order valence-electron chi connectivity index (χ4n) is 3.61. The highest BCUT2D eigenvalue weighted by Gasteiger charge is 2.24. The minimum atomic E-state index is 0.0740. The molecule has 0 aromatic heterocycles. The van der Waals surface area contributed by atoms with Crippen LogP contribution in [0.2, 0.25) is 0 Å². The average molecular weight is 352 g/mol. The van der Waals surface area contributed by atoms with Gasteiger partial charge in [-0.25, -0.2) is 0 Å². The van der Waals surface area contributed by atoms with Crippen LogP contribution in [-0.2, 0) is 16.0 Å². The molecule has 0 aliphatic heterocycles. The Kier molecular flexibility index (Phi) is 6.84. The number of hydrogen-bond donors (Lipinski definition) is 0. The molecule has 0 spiro atoms. The van der Waals surface area contributed by atoms with E-state index in [-0.39, 0.29) is 12.4 Å². The first kappa shape index (κ1) is 18.7. The molecule has 26 heavy (non-hydrogen) atoms. The second kappa shape index (κ2) is 9.54. The SMILES string of the molecule is CC(=O)COCCc1ccc(C2CCCC(Oc3ccccc3)C2)cc1. The van der Waals surface area contributed by atoms with Crippen molar-refractivity contribution in [3.8, 4) is 5.75 Å². The van der Waals surface area contributed by atoms with Gasteiger partial charge in [-0.05, 0) is 68.2 Å². The van der Waals surface area contributed by atoms with Crippen molar-refractivity contribution in [3.05, 3.63) is 65.7 Å². The summed E-state index contributed by atoms with van der Waals surface area (Å²) in [7, 11) is 0. The van der Waals surface area contributed by atoms with Crippen molar-refractivity contribution in [1.29, 1.82) is 0 Å². The maximum atomic E-state index is 10.9. The number of ketones is 1. The minimum absolute atomic E-state index is 0.0740. The van der Waals surface area contributed by atoms with E-state index in [1.165, 1.54) is 24.0 Å². The molecule has 3 nitrogen and oxygen atoms in total. The summed E-state index contributed by atoms with van der Waals surface area (Å²) in [6.07, 6.45) is 5.81. The van der Waals surface area contributed by atoms with E-state index >= 15 is 0 Å². The van der Waals surface area contributed by atoms with E-state index in [0.29, 0.717) is 18.6 Å². The molecule has 138 valence electrons. The van der Waals surface area contributed by atoms with Crippen LogP contribution >= 0.6 is 0 Å². The number of para-hydroxylation sites is 1. The van der Waals surface area contributed by atoms with E-state index in [9.17, 15) is 4.79 Å². The topological polar surface area (TPSA) is 35.5 Å². The summed E-state index contributed by atoms with van der Waals surface area (Å²) in [5, 5.41) is 0. The van der Waals surface area contributed by atoms with Gasteiger partial charge in [0.25, 0.3) is 0 Å². The zero-order valence-corrected chi connectivity index (χ0v) is 15.5. The second-order valence-corrected chi connectivity index (χ2v) is 7.16. The smallest absolute Gasteiger partial charge is 0.155 e. The fourth-order valence-corrected chi connectivity index (χ4v) is 3.61. The van der Waals surface area contributed by atoms with Crippen molar-refractivity contribution in [3.63, 3.8) is 0 Å². The number of hydrogen-bond acceptors (Lipinski definition) is 3.